The maximum Gasteiger partial charge on any atom is 0.259 e. The molecular formula is C18H21ClF2N6O4S. The van der Waals surface area contributed by atoms with Crippen molar-refractivity contribution in [3.8, 4) is 0 Å². The average Bonchev–Trinajstić information content (AvgIpc) is 2.73. The van der Waals surface area contributed by atoms with Gasteiger partial charge in [-0.15, -0.1) is 0 Å². The van der Waals surface area contributed by atoms with Crippen LogP contribution in [0.3, 0.4) is 0 Å². The third kappa shape index (κ3) is 5.23. The first-order chi connectivity index (χ1) is 15.0. The van der Waals surface area contributed by atoms with Crippen LogP contribution in [-0.2, 0) is 10.0 Å². The minimum absolute atomic E-state index is 0.0489. The van der Waals surface area contributed by atoms with E-state index in [2.05, 4.69) is 10.3 Å². The van der Waals surface area contributed by atoms with Gasteiger partial charge in [-0.2, -0.15) is 4.31 Å². The molecule has 174 valence electrons. The van der Waals surface area contributed by atoms with Gasteiger partial charge in [0.15, 0.2) is 12.0 Å². The number of hydrogen-bond donors (Lipinski definition) is 3. The van der Waals surface area contributed by atoms with Crippen LogP contribution in [0.25, 0.3) is 0 Å². The average molecular weight is 491 g/mol. The maximum atomic E-state index is 13.3. The molecular weight excluding hydrogens is 470 g/mol. The first-order valence-corrected chi connectivity index (χ1v) is 11.4. The molecule has 0 aromatic heterocycles. The summed E-state index contributed by atoms with van der Waals surface area (Å²) >= 11 is 6.21. The largest absolute Gasteiger partial charge is 0.740 e. The number of halogens is 3. The number of anilines is 1. The van der Waals surface area contributed by atoms with Crippen LogP contribution < -0.4 is 5.32 Å². The number of hydroxylamine groups is 1. The van der Waals surface area contributed by atoms with Crippen LogP contribution >= 0.6 is 11.6 Å². The van der Waals surface area contributed by atoms with Crippen LogP contribution in [0, 0.1) is 22.3 Å². The number of benzene rings is 1. The molecule has 14 heteroatoms. The molecule has 2 heterocycles. The first-order valence-electron chi connectivity index (χ1n) is 9.44. The number of sulfonamides is 1. The van der Waals surface area contributed by atoms with E-state index in [1.54, 1.807) is 4.90 Å². The molecule has 0 bridgehead atoms. The summed E-state index contributed by atoms with van der Waals surface area (Å²) in [5.41, 5.74) is 0.0760. The molecule has 0 aliphatic carbocycles. The smallest absolute Gasteiger partial charge is 0.259 e. The topological polar surface area (TPSA) is 135 Å². The highest BCUT2D eigenvalue weighted by Gasteiger charge is 2.33. The zero-order valence-electron chi connectivity index (χ0n) is 16.9. The molecule has 0 spiro atoms. The Morgan fingerprint density at radius 1 is 1.34 bits per heavy atom. The van der Waals surface area contributed by atoms with E-state index in [4.69, 9.17) is 17.0 Å². The molecule has 2 aliphatic heterocycles. The summed E-state index contributed by atoms with van der Waals surface area (Å²) in [5, 5.41) is 31.8. The Morgan fingerprint density at radius 2 is 1.94 bits per heavy atom. The second kappa shape index (κ2) is 9.48. The SMILES string of the molecule is CC1=NC(CS(=O)(=O)N2CCN(/C(C=N)=C(\Cl)C(O)Nc3cc(F)cc(F)c3)CC2)=[N+]1[O-]. The quantitative estimate of drug-likeness (QED) is 0.216. The Hall–Kier alpha value is -2.61. The van der Waals surface area contributed by atoms with Crippen LogP contribution in [0.4, 0.5) is 14.5 Å². The predicted molar refractivity (Wildman–Crippen MR) is 116 cm³/mol. The number of aliphatic hydroxyl groups is 1. The van der Waals surface area contributed by atoms with Crippen molar-refractivity contribution < 1.29 is 27.0 Å². The highest BCUT2D eigenvalue weighted by atomic mass is 35.5. The minimum atomic E-state index is -3.76. The number of rotatable bonds is 8. The third-order valence-electron chi connectivity index (χ3n) is 4.89. The molecule has 1 unspecified atom stereocenters. The monoisotopic (exact) mass is 490 g/mol. The minimum Gasteiger partial charge on any atom is -0.740 e. The molecule has 1 aromatic rings. The Kier molecular flexibility index (Phi) is 7.12. The first kappa shape index (κ1) is 24.0. The van der Waals surface area contributed by atoms with Gasteiger partial charge >= 0.3 is 0 Å². The molecule has 3 rings (SSSR count). The summed E-state index contributed by atoms with van der Waals surface area (Å²) < 4.78 is 53.5. The van der Waals surface area contributed by atoms with Gasteiger partial charge in [-0.05, 0) is 12.1 Å². The van der Waals surface area contributed by atoms with Crippen molar-refractivity contribution in [3.63, 3.8) is 0 Å². The van der Waals surface area contributed by atoms with E-state index in [1.165, 1.54) is 11.2 Å². The number of nitrogens with zero attached hydrogens (tertiary/aromatic N) is 4. The zero-order valence-corrected chi connectivity index (χ0v) is 18.5. The standard InChI is InChI=1S/C18H21ClF2N6O4S/c1-11-23-16(27(11)29)10-32(30,31)26-4-2-25(3-5-26)15(9-22)17(19)18(28)24-14-7-12(20)6-13(21)8-14/h6-9,18,22,24,28H,2-5,10H2,1H3/b17-15-,22-9?. The van der Waals surface area contributed by atoms with Gasteiger partial charge in [-0.1, -0.05) is 16.6 Å². The summed E-state index contributed by atoms with van der Waals surface area (Å²) in [6.45, 7) is 1.94. The van der Waals surface area contributed by atoms with Crippen LogP contribution in [0.15, 0.2) is 33.9 Å². The highest BCUT2D eigenvalue weighted by molar-refractivity contribution is 7.89. The molecule has 2 aliphatic rings. The maximum absolute atomic E-state index is 13.3. The molecule has 1 saturated heterocycles. The Labute approximate surface area is 188 Å². The van der Waals surface area contributed by atoms with Crippen molar-refractivity contribution in [2.75, 3.05) is 37.2 Å². The lowest BCUT2D eigenvalue weighted by atomic mass is 10.2. The Balaban J connectivity index is 1.65. The molecule has 1 atom stereocenters. The lowest BCUT2D eigenvalue weighted by molar-refractivity contribution is -0.341. The Morgan fingerprint density at radius 3 is 2.44 bits per heavy atom. The van der Waals surface area contributed by atoms with Gasteiger partial charge in [0.2, 0.25) is 15.9 Å². The fourth-order valence-electron chi connectivity index (χ4n) is 3.28. The lowest BCUT2D eigenvalue weighted by Gasteiger charge is -2.36. The van der Waals surface area contributed by atoms with Crippen LogP contribution in [0.2, 0.25) is 0 Å². The second-order valence-electron chi connectivity index (χ2n) is 7.09. The summed E-state index contributed by atoms with van der Waals surface area (Å²) in [5.74, 6) is -2.07. The van der Waals surface area contributed by atoms with Gasteiger partial charge in [0.05, 0.1) is 10.7 Å². The van der Waals surface area contributed by atoms with Gasteiger partial charge in [0.25, 0.3) is 5.84 Å². The number of amidine groups is 2. The fraction of sp³-hybridized carbons (Fsp3) is 0.389. The van der Waals surface area contributed by atoms with Gasteiger partial charge in [-0.3, -0.25) is 0 Å². The number of aliphatic imine (C=N–C) groups is 1. The summed E-state index contributed by atoms with van der Waals surface area (Å²) in [7, 11) is -3.76. The van der Waals surface area contributed by atoms with Crippen LogP contribution in [-0.4, -0.2) is 83.5 Å². The summed E-state index contributed by atoms with van der Waals surface area (Å²) in [4.78, 5) is 5.43. The van der Waals surface area contributed by atoms with Crippen LogP contribution in [0.5, 0.6) is 0 Å². The van der Waals surface area contributed by atoms with Gasteiger partial charge in [-0.25, -0.2) is 21.9 Å². The van der Waals surface area contributed by atoms with E-state index >= 15 is 0 Å². The van der Waals surface area contributed by atoms with E-state index in [-0.39, 0.29) is 54.3 Å². The molecule has 0 amide bonds. The Bertz CT molecular complexity index is 1100. The van der Waals surface area contributed by atoms with E-state index in [0.717, 1.165) is 18.3 Å². The summed E-state index contributed by atoms with van der Waals surface area (Å²) in [6.07, 6.45) is -0.656. The zero-order chi connectivity index (χ0) is 23.6. The number of piperazine rings is 1. The van der Waals surface area contributed by atoms with Crippen molar-refractivity contribution >= 4 is 45.2 Å². The highest BCUT2D eigenvalue weighted by Crippen LogP contribution is 2.22. The van der Waals surface area contributed by atoms with E-state index < -0.39 is 33.6 Å². The molecule has 32 heavy (non-hydrogen) atoms. The molecule has 0 radical (unpaired) electrons. The lowest BCUT2D eigenvalue weighted by Crippen LogP contribution is -2.50. The van der Waals surface area contributed by atoms with E-state index in [0.29, 0.717) is 10.8 Å². The second-order valence-corrected chi connectivity index (χ2v) is 9.47. The number of hydrogen-bond acceptors (Lipinski definition) is 8. The predicted octanol–water partition coefficient (Wildman–Crippen LogP) is 1.08. The molecule has 0 saturated carbocycles. The van der Waals surface area contributed by atoms with Crippen molar-refractivity contribution in [2.45, 2.75) is 13.2 Å². The van der Waals surface area contributed by atoms with Crippen molar-refractivity contribution in [3.05, 3.63) is 45.8 Å². The number of nitrogens with one attached hydrogen (secondary N) is 2. The van der Waals surface area contributed by atoms with Crippen LogP contribution in [0.1, 0.15) is 6.92 Å². The van der Waals surface area contributed by atoms with E-state index in [1.807, 2.05) is 0 Å². The van der Waals surface area contributed by atoms with Crippen molar-refractivity contribution in [1.82, 2.24) is 9.21 Å². The molecule has 3 N–H and O–H groups in total. The van der Waals surface area contributed by atoms with Crippen molar-refractivity contribution in [2.24, 2.45) is 4.99 Å². The number of aliphatic hydroxyl groups excluding tert-OH is 1. The normalized spacial score (nSPS) is 19.2. The van der Waals surface area contributed by atoms with Gasteiger partial charge in [0.1, 0.15) is 11.6 Å². The number of allylic oxidation sites excluding steroid dienone is 1. The third-order valence-corrected chi connectivity index (χ3v) is 7.07. The molecule has 1 aromatic carbocycles. The molecule has 1 fully saturated rings. The molecule has 10 nitrogen and oxygen atoms in total. The van der Waals surface area contributed by atoms with Gasteiger partial charge < -0.3 is 25.9 Å². The van der Waals surface area contributed by atoms with E-state index in [9.17, 15) is 27.5 Å². The summed E-state index contributed by atoms with van der Waals surface area (Å²) in [6, 6.07) is 2.62. The van der Waals surface area contributed by atoms with Crippen molar-refractivity contribution in [1.29, 1.82) is 5.41 Å². The fourth-order valence-corrected chi connectivity index (χ4v) is 4.92. The van der Waals surface area contributed by atoms with Gasteiger partial charge in [0, 0.05) is 51.1 Å².